The van der Waals surface area contributed by atoms with Gasteiger partial charge in [0.05, 0.1) is 5.92 Å². The minimum absolute atomic E-state index is 0.0243. The van der Waals surface area contributed by atoms with Crippen LogP contribution in [0.4, 0.5) is 0 Å². The van der Waals surface area contributed by atoms with Crippen LogP contribution >= 0.6 is 0 Å². The van der Waals surface area contributed by atoms with Crippen LogP contribution in [0.3, 0.4) is 0 Å². The van der Waals surface area contributed by atoms with Crippen molar-refractivity contribution in [3.8, 4) is 0 Å². The zero-order valence-electron chi connectivity index (χ0n) is 9.80. The summed E-state index contributed by atoms with van der Waals surface area (Å²) in [6.07, 6.45) is 4.26. The predicted molar refractivity (Wildman–Crippen MR) is 57.0 cm³/mol. The molecular formula is C12H22O2. The molecule has 2 nitrogen and oxygen atoms in total. The molecule has 1 aliphatic carbocycles. The molecule has 0 aromatic rings. The third-order valence-electron chi connectivity index (χ3n) is 3.70. The highest BCUT2D eigenvalue weighted by Gasteiger charge is 2.39. The van der Waals surface area contributed by atoms with Crippen LogP contribution < -0.4 is 0 Å². The number of hydrogen-bond donors (Lipinski definition) is 0. The minimum Gasteiger partial charge on any atom is -0.459 e. The molecule has 0 saturated heterocycles. The van der Waals surface area contributed by atoms with E-state index in [1.165, 1.54) is 12.8 Å². The normalized spacial score (nSPS) is 34.1. The first kappa shape index (κ1) is 11.5. The molecule has 0 aliphatic heterocycles. The van der Waals surface area contributed by atoms with Crippen molar-refractivity contribution in [3.63, 3.8) is 0 Å². The summed E-state index contributed by atoms with van der Waals surface area (Å²) >= 11 is 0. The summed E-state index contributed by atoms with van der Waals surface area (Å²) in [5.74, 6) is 0.527. The van der Waals surface area contributed by atoms with Crippen LogP contribution in [0.25, 0.3) is 0 Å². The fraction of sp³-hybridized carbons (Fsp3) is 0.917. The smallest absolute Gasteiger partial charge is 0.309 e. The van der Waals surface area contributed by atoms with Gasteiger partial charge in [0.25, 0.3) is 0 Å². The standard InChI is InChI=1S/C12H22O2/c1-5-9(2)11(13)14-12(4)8-6-7-10(12)3/h9-10H,5-8H2,1-4H3. The van der Waals surface area contributed by atoms with Crippen molar-refractivity contribution in [2.75, 3.05) is 0 Å². The van der Waals surface area contributed by atoms with Crippen molar-refractivity contribution in [2.24, 2.45) is 11.8 Å². The third kappa shape index (κ3) is 2.28. The fourth-order valence-corrected chi connectivity index (χ4v) is 1.96. The van der Waals surface area contributed by atoms with Crippen molar-refractivity contribution in [1.82, 2.24) is 0 Å². The molecule has 1 rings (SSSR count). The van der Waals surface area contributed by atoms with E-state index in [9.17, 15) is 4.79 Å². The van der Waals surface area contributed by atoms with Gasteiger partial charge in [0, 0.05) is 0 Å². The predicted octanol–water partition coefficient (Wildman–Crippen LogP) is 3.15. The van der Waals surface area contributed by atoms with Gasteiger partial charge in [0.1, 0.15) is 5.60 Å². The van der Waals surface area contributed by atoms with Crippen molar-refractivity contribution < 1.29 is 9.53 Å². The molecular weight excluding hydrogens is 176 g/mol. The Bertz CT molecular complexity index is 212. The maximum atomic E-state index is 11.7. The molecule has 0 N–H and O–H groups in total. The maximum Gasteiger partial charge on any atom is 0.309 e. The largest absolute Gasteiger partial charge is 0.459 e. The van der Waals surface area contributed by atoms with Gasteiger partial charge in [-0.2, -0.15) is 0 Å². The van der Waals surface area contributed by atoms with Gasteiger partial charge in [-0.25, -0.2) is 0 Å². The molecule has 0 spiro atoms. The highest BCUT2D eigenvalue weighted by Crippen LogP contribution is 2.38. The molecule has 82 valence electrons. The summed E-state index contributed by atoms with van der Waals surface area (Å²) in [6, 6.07) is 0. The van der Waals surface area contributed by atoms with E-state index < -0.39 is 0 Å². The fourth-order valence-electron chi connectivity index (χ4n) is 1.96. The Labute approximate surface area is 87.0 Å². The van der Waals surface area contributed by atoms with E-state index in [0.29, 0.717) is 5.92 Å². The zero-order valence-corrected chi connectivity index (χ0v) is 9.80. The van der Waals surface area contributed by atoms with E-state index in [-0.39, 0.29) is 17.5 Å². The average molecular weight is 198 g/mol. The Morgan fingerprint density at radius 2 is 2.29 bits per heavy atom. The van der Waals surface area contributed by atoms with Gasteiger partial charge in [-0.1, -0.05) is 20.8 Å². The molecule has 3 unspecified atom stereocenters. The lowest BCUT2D eigenvalue weighted by molar-refractivity contribution is -0.165. The van der Waals surface area contributed by atoms with Gasteiger partial charge in [-0.15, -0.1) is 0 Å². The Hall–Kier alpha value is -0.530. The lowest BCUT2D eigenvalue weighted by Crippen LogP contribution is -2.35. The molecule has 3 atom stereocenters. The molecule has 0 amide bonds. The number of rotatable bonds is 3. The van der Waals surface area contributed by atoms with Gasteiger partial charge in [-0.3, -0.25) is 4.79 Å². The Morgan fingerprint density at radius 3 is 2.71 bits per heavy atom. The molecule has 0 bridgehead atoms. The van der Waals surface area contributed by atoms with E-state index in [2.05, 4.69) is 13.8 Å². The zero-order chi connectivity index (χ0) is 10.8. The number of carbonyl (C=O) groups is 1. The van der Waals surface area contributed by atoms with Crippen molar-refractivity contribution in [1.29, 1.82) is 0 Å². The maximum absolute atomic E-state index is 11.7. The molecule has 1 saturated carbocycles. The topological polar surface area (TPSA) is 26.3 Å². The summed E-state index contributed by atoms with van der Waals surface area (Å²) in [5, 5.41) is 0. The monoisotopic (exact) mass is 198 g/mol. The molecule has 1 aliphatic rings. The molecule has 2 heteroatoms. The molecule has 0 radical (unpaired) electrons. The summed E-state index contributed by atoms with van der Waals surface area (Å²) in [7, 11) is 0. The summed E-state index contributed by atoms with van der Waals surface area (Å²) in [6.45, 7) is 8.21. The lowest BCUT2D eigenvalue weighted by atomic mass is 9.94. The van der Waals surface area contributed by atoms with Crippen LogP contribution in [0.5, 0.6) is 0 Å². The van der Waals surface area contributed by atoms with Crippen molar-refractivity contribution in [3.05, 3.63) is 0 Å². The quantitative estimate of drug-likeness (QED) is 0.651. The van der Waals surface area contributed by atoms with E-state index in [4.69, 9.17) is 4.74 Å². The second kappa shape index (κ2) is 4.33. The van der Waals surface area contributed by atoms with Crippen LogP contribution in [-0.4, -0.2) is 11.6 Å². The van der Waals surface area contributed by atoms with Crippen LogP contribution in [-0.2, 0) is 9.53 Å². The van der Waals surface area contributed by atoms with E-state index >= 15 is 0 Å². The summed E-state index contributed by atoms with van der Waals surface area (Å²) in [5.41, 5.74) is -0.194. The van der Waals surface area contributed by atoms with Crippen molar-refractivity contribution >= 4 is 5.97 Å². The first-order chi connectivity index (χ1) is 6.49. The van der Waals surface area contributed by atoms with Crippen LogP contribution in [0, 0.1) is 11.8 Å². The number of hydrogen-bond acceptors (Lipinski definition) is 2. The number of carbonyl (C=O) groups excluding carboxylic acids is 1. The van der Waals surface area contributed by atoms with Gasteiger partial charge in [-0.05, 0) is 38.5 Å². The molecule has 1 fully saturated rings. The number of ether oxygens (including phenoxy) is 1. The van der Waals surface area contributed by atoms with Gasteiger partial charge >= 0.3 is 5.97 Å². The second-order valence-electron chi connectivity index (χ2n) is 4.84. The van der Waals surface area contributed by atoms with Crippen LogP contribution in [0.1, 0.15) is 53.4 Å². The Balaban J connectivity index is 2.54. The molecule has 0 aromatic carbocycles. The average Bonchev–Trinajstić information content (AvgIpc) is 2.45. The van der Waals surface area contributed by atoms with Crippen molar-refractivity contribution in [2.45, 2.75) is 59.0 Å². The summed E-state index contributed by atoms with van der Waals surface area (Å²) in [4.78, 5) is 11.7. The Kier molecular flexibility index (Phi) is 3.57. The SMILES string of the molecule is CCC(C)C(=O)OC1(C)CCCC1C. The van der Waals surface area contributed by atoms with Crippen LogP contribution in [0.15, 0.2) is 0 Å². The second-order valence-corrected chi connectivity index (χ2v) is 4.84. The minimum atomic E-state index is -0.194. The third-order valence-corrected chi connectivity index (χ3v) is 3.70. The van der Waals surface area contributed by atoms with Crippen LogP contribution in [0.2, 0.25) is 0 Å². The molecule has 14 heavy (non-hydrogen) atoms. The van der Waals surface area contributed by atoms with Gasteiger partial charge < -0.3 is 4.74 Å². The highest BCUT2D eigenvalue weighted by molar-refractivity contribution is 5.72. The van der Waals surface area contributed by atoms with E-state index in [0.717, 1.165) is 12.8 Å². The Morgan fingerprint density at radius 1 is 1.64 bits per heavy atom. The lowest BCUT2D eigenvalue weighted by Gasteiger charge is -2.30. The highest BCUT2D eigenvalue weighted by atomic mass is 16.6. The van der Waals surface area contributed by atoms with Gasteiger partial charge in [0.2, 0.25) is 0 Å². The molecule has 0 aromatic heterocycles. The van der Waals surface area contributed by atoms with Gasteiger partial charge in [0.15, 0.2) is 0 Å². The molecule has 0 heterocycles. The first-order valence-electron chi connectivity index (χ1n) is 5.72. The summed E-state index contributed by atoms with van der Waals surface area (Å²) < 4.78 is 5.62. The van der Waals surface area contributed by atoms with E-state index in [1.54, 1.807) is 0 Å². The number of esters is 1. The van der Waals surface area contributed by atoms with E-state index in [1.807, 2.05) is 13.8 Å². The first-order valence-corrected chi connectivity index (χ1v) is 5.72.